The first kappa shape index (κ1) is 35.2. The van der Waals surface area contributed by atoms with E-state index in [1.165, 1.54) is 0 Å². The fraction of sp³-hybridized carbons (Fsp3) is 0.0179. The molecule has 8 aromatic carbocycles. The molecule has 0 unspecified atom stereocenters. The van der Waals surface area contributed by atoms with Gasteiger partial charge < -0.3 is 23.4 Å². The SMILES string of the molecule is C1=CN(c2c(-c3ccccc3)cccc2-c2ccccc2)CN1c1cc(Oc2ccc3c4ccccc4n(-c4ccccn4)c3c2)c2oc3ccc4c5ccccc5oc4c3c2c1. The molecule has 0 fully saturated rings. The molecular weight excluding hydrogens is 777 g/mol. The average molecular weight is 813 g/mol. The summed E-state index contributed by atoms with van der Waals surface area (Å²) in [5, 5.41) is 6.20. The Morgan fingerprint density at radius 1 is 0.476 bits per heavy atom. The summed E-state index contributed by atoms with van der Waals surface area (Å²) < 4.78 is 22.6. The Morgan fingerprint density at radius 3 is 1.95 bits per heavy atom. The summed E-state index contributed by atoms with van der Waals surface area (Å²) in [5.41, 5.74) is 11.8. The molecule has 0 saturated carbocycles. The molecule has 63 heavy (non-hydrogen) atoms. The molecule has 0 atom stereocenters. The van der Waals surface area contributed by atoms with Gasteiger partial charge in [-0.25, -0.2) is 4.98 Å². The van der Waals surface area contributed by atoms with Gasteiger partial charge in [0.2, 0.25) is 0 Å². The fourth-order valence-electron chi connectivity index (χ4n) is 9.50. The van der Waals surface area contributed by atoms with Crippen LogP contribution in [-0.2, 0) is 0 Å². The number of hydrogen-bond acceptors (Lipinski definition) is 6. The lowest BCUT2D eigenvalue weighted by Gasteiger charge is -2.26. The molecule has 298 valence electrons. The van der Waals surface area contributed by atoms with E-state index in [2.05, 4.69) is 166 Å². The van der Waals surface area contributed by atoms with Crippen molar-refractivity contribution in [3.63, 3.8) is 0 Å². The van der Waals surface area contributed by atoms with E-state index >= 15 is 0 Å². The normalized spacial score (nSPS) is 12.9. The summed E-state index contributed by atoms with van der Waals surface area (Å²) in [4.78, 5) is 9.36. The number of furan rings is 2. The highest BCUT2D eigenvalue weighted by Gasteiger charge is 2.26. The van der Waals surface area contributed by atoms with Gasteiger partial charge in [0.25, 0.3) is 0 Å². The van der Waals surface area contributed by atoms with E-state index in [1.54, 1.807) is 0 Å². The fourth-order valence-corrected chi connectivity index (χ4v) is 9.50. The molecule has 0 aliphatic carbocycles. The molecule has 0 N–H and O–H groups in total. The van der Waals surface area contributed by atoms with Crippen molar-refractivity contribution in [2.75, 3.05) is 16.5 Å². The minimum absolute atomic E-state index is 0.570. The van der Waals surface area contributed by atoms with E-state index < -0.39 is 0 Å². The third-order valence-corrected chi connectivity index (χ3v) is 12.3. The Kier molecular flexibility index (Phi) is 7.83. The quantitative estimate of drug-likeness (QED) is 0.160. The van der Waals surface area contributed by atoms with Crippen LogP contribution in [0.3, 0.4) is 0 Å². The molecule has 1 aliphatic heterocycles. The van der Waals surface area contributed by atoms with Crippen molar-refractivity contribution in [3.8, 4) is 39.6 Å². The van der Waals surface area contributed by atoms with Gasteiger partial charge in [-0.15, -0.1) is 0 Å². The van der Waals surface area contributed by atoms with Gasteiger partial charge >= 0.3 is 0 Å². The van der Waals surface area contributed by atoms with Crippen molar-refractivity contribution < 1.29 is 13.6 Å². The van der Waals surface area contributed by atoms with Crippen LogP contribution < -0.4 is 14.5 Å². The van der Waals surface area contributed by atoms with Crippen LogP contribution in [0.2, 0.25) is 0 Å². The van der Waals surface area contributed by atoms with Crippen LogP contribution >= 0.6 is 0 Å². The van der Waals surface area contributed by atoms with E-state index in [0.717, 1.165) is 99.5 Å². The summed E-state index contributed by atoms with van der Waals surface area (Å²) in [6, 6.07) is 65.2. The Labute approximate surface area is 361 Å². The highest BCUT2D eigenvalue weighted by atomic mass is 16.5. The van der Waals surface area contributed by atoms with Crippen LogP contribution in [0.25, 0.3) is 93.8 Å². The van der Waals surface area contributed by atoms with Crippen LogP contribution in [0.4, 0.5) is 11.4 Å². The molecule has 7 heteroatoms. The molecule has 5 heterocycles. The largest absolute Gasteiger partial charge is 0.455 e. The number of nitrogens with zero attached hydrogens (tertiary/aromatic N) is 4. The molecule has 12 aromatic rings. The lowest BCUT2D eigenvalue weighted by Crippen LogP contribution is -2.25. The predicted molar refractivity (Wildman–Crippen MR) is 256 cm³/mol. The zero-order valence-corrected chi connectivity index (χ0v) is 33.9. The summed E-state index contributed by atoms with van der Waals surface area (Å²) in [7, 11) is 0. The van der Waals surface area contributed by atoms with E-state index in [4.69, 9.17) is 18.6 Å². The van der Waals surface area contributed by atoms with E-state index in [9.17, 15) is 0 Å². The zero-order valence-electron chi connectivity index (χ0n) is 33.9. The summed E-state index contributed by atoms with van der Waals surface area (Å²) in [6.07, 6.45) is 6.15. The second kappa shape index (κ2) is 14.0. The minimum atomic E-state index is 0.570. The number of pyridine rings is 1. The Hall–Kier alpha value is -8.55. The number of ether oxygens (including phenoxy) is 1. The first-order valence-corrected chi connectivity index (χ1v) is 21.1. The van der Waals surface area contributed by atoms with Crippen LogP contribution in [0.1, 0.15) is 0 Å². The second-order valence-corrected chi connectivity index (χ2v) is 16.0. The minimum Gasteiger partial charge on any atom is -0.455 e. The van der Waals surface area contributed by atoms with Crippen LogP contribution in [0.5, 0.6) is 11.5 Å². The molecule has 0 bridgehead atoms. The molecule has 0 amide bonds. The van der Waals surface area contributed by atoms with Gasteiger partial charge in [-0.3, -0.25) is 4.57 Å². The lowest BCUT2D eigenvalue weighted by atomic mass is 9.95. The number of fused-ring (bicyclic) bond motifs is 10. The van der Waals surface area contributed by atoms with E-state index in [0.29, 0.717) is 23.8 Å². The van der Waals surface area contributed by atoms with Gasteiger partial charge in [0.15, 0.2) is 11.3 Å². The number of benzene rings is 8. The molecule has 4 aromatic heterocycles. The maximum absolute atomic E-state index is 7.03. The topological polar surface area (TPSA) is 59.8 Å². The van der Waals surface area contributed by atoms with Gasteiger partial charge in [0.05, 0.1) is 28.8 Å². The number of aromatic nitrogens is 2. The van der Waals surface area contributed by atoms with Crippen molar-refractivity contribution in [2.24, 2.45) is 0 Å². The van der Waals surface area contributed by atoms with Crippen molar-refractivity contribution in [3.05, 3.63) is 207 Å². The van der Waals surface area contributed by atoms with Gasteiger partial charge in [0, 0.05) is 74.5 Å². The third kappa shape index (κ3) is 5.64. The second-order valence-electron chi connectivity index (χ2n) is 16.0. The monoisotopic (exact) mass is 812 g/mol. The van der Waals surface area contributed by atoms with Crippen molar-refractivity contribution in [1.29, 1.82) is 0 Å². The lowest BCUT2D eigenvalue weighted by molar-refractivity contribution is 0.477. The maximum atomic E-state index is 7.03. The maximum Gasteiger partial charge on any atom is 0.178 e. The highest BCUT2D eigenvalue weighted by molar-refractivity contribution is 6.23. The molecule has 0 radical (unpaired) electrons. The summed E-state index contributed by atoms with van der Waals surface area (Å²) >= 11 is 0. The Morgan fingerprint density at radius 2 is 1.16 bits per heavy atom. The first-order valence-electron chi connectivity index (χ1n) is 21.1. The Balaban J connectivity index is 0.980. The van der Waals surface area contributed by atoms with Gasteiger partial charge in [-0.05, 0) is 65.7 Å². The van der Waals surface area contributed by atoms with Crippen LogP contribution in [-0.4, -0.2) is 16.2 Å². The van der Waals surface area contributed by atoms with Gasteiger partial charge in [-0.1, -0.05) is 121 Å². The van der Waals surface area contributed by atoms with E-state index in [-0.39, 0.29) is 0 Å². The van der Waals surface area contributed by atoms with Crippen molar-refractivity contribution in [1.82, 2.24) is 9.55 Å². The Bertz CT molecular complexity index is 3700. The van der Waals surface area contributed by atoms with Crippen molar-refractivity contribution in [2.45, 2.75) is 0 Å². The number of hydrogen-bond donors (Lipinski definition) is 0. The van der Waals surface area contributed by atoms with Crippen molar-refractivity contribution >= 4 is 77.1 Å². The molecule has 13 rings (SSSR count). The van der Waals surface area contributed by atoms with Crippen LogP contribution in [0.15, 0.2) is 215 Å². The van der Waals surface area contributed by atoms with Gasteiger partial charge in [-0.2, -0.15) is 0 Å². The number of para-hydroxylation sites is 3. The van der Waals surface area contributed by atoms with E-state index in [1.807, 2.05) is 54.7 Å². The van der Waals surface area contributed by atoms with Crippen LogP contribution in [0, 0.1) is 0 Å². The first-order chi connectivity index (χ1) is 31.2. The molecular formula is C56H36N4O3. The number of anilines is 2. The highest BCUT2D eigenvalue weighted by Crippen LogP contribution is 2.47. The smallest absolute Gasteiger partial charge is 0.178 e. The summed E-state index contributed by atoms with van der Waals surface area (Å²) in [6.45, 7) is 0.570. The number of rotatable bonds is 7. The standard InChI is InChI=1S/C56H36N4O3/c1-3-14-36(15-4-1)40-20-13-21-41(37-16-5-2-6-17-37)54(40)59-31-30-58(35-59)38-32-46-53-50(28-27-45-44-19-8-10-23-49(44)62-56(45)53)63-55(46)51(33-38)61-39-25-26-43-42-18-7-9-22-47(42)60(48(43)34-39)52-24-11-12-29-57-52/h1-34H,35H2. The molecule has 1 aliphatic rings. The zero-order chi connectivity index (χ0) is 41.4. The summed E-state index contributed by atoms with van der Waals surface area (Å²) in [5.74, 6) is 2.12. The third-order valence-electron chi connectivity index (χ3n) is 12.3. The average Bonchev–Trinajstić information content (AvgIpc) is 4.14. The van der Waals surface area contributed by atoms with Gasteiger partial charge in [0.1, 0.15) is 28.3 Å². The molecule has 0 saturated heterocycles. The molecule has 0 spiro atoms. The predicted octanol–water partition coefficient (Wildman–Crippen LogP) is 14.9. The molecule has 7 nitrogen and oxygen atoms in total.